The van der Waals surface area contributed by atoms with Crippen molar-refractivity contribution in [2.45, 2.75) is 37.8 Å². The van der Waals surface area contributed by atoms with Crippen molar-refractivity contribution >= 4 is 0 Å². The third kappa shape index (κ3) is 1.84. The first-order valence-corrected chi connectivity index (χ1v) is 5.14. The zero-order valence-corrected chi connectivity index (χ0v) is 7.91. The molecule has 1 aliphatic heterocycles. The second-order valence-electron chi connectivity index (χ2n) is 3.85. The highest BCUT2D eigenvalue weighted by atomic mass is 16.5. The van der Waals surface area contributed by atoms with Gasteiger partial charge in [0, 0.05) is 25.6 Å². The fourth-order valence-electron chi connectivity index (χ4n) is 2.48. The molecule has 0 aromatic heterocycles. The van der Waals surface area contributed by atoms with E-state index in [9.17, 15) is 0 Å². The smallest absolute Gasteiger partial charge is 0.0730 e. The number of fused-ring (bicyclic) bond motifs is 1. The number of nitriles is 1. The van der Waals surface area contributed by atoms with Crippen molar-refractivity contribution in [3.63, 3.8) is 0 Å². The van der Waals surface area contributed by atoms with Gasteiger partial charge in [0.1, 0.15) is 0 Å². The molecule has 0 bridgehead atoms. The summed E-state index contributed by atoms with van der Waals surface area (Å²) in [4.78, 5) is 2.43. The molecule has 1 saturated heterocycles. The van der Waals surface area contributed by atoms with Gasteiger partial charge >= 0.3 is 0 Å². The molecule has 0 amide bonds. The summed E-state index contributed by atoms with van der Waals surface area (Å²) in [6.45, 7) is 2.80. The largest absolute Gasteiger partial charge is 0.375 e. The summed E-state index contributed by atoms with van der Waals surface area (Å²) in [7, 11) is 0. The van der Waals surface area contributed by atoms with Crippen molar-refractivity contribution in [1.82, 2.24) is 4.90 Å². The number of rotatable bonds is 2. The molecule has 3 heteroatoms. The number of morpholine rings is 1. The third-order valence-corrected chi connectivity index (χ3v) is 3.11. The summed E-state index contributed by atoms with van der Waals surface area (Å²) in [6, 6.07) is 2.83. The Labute approximate surface area is 79.3 Å². The lowest BCUT2D eigenvalue weighted by molar-refractivity contribution is -0.0546. The van der Waals surface area contributed by atoms with E-state index in [0.717, 1.165) is 19.7 Å². The quantitative estimate of drug-likeness (QED) is 0.639. The maximum Gasteiger partial charge on any atom is 0.0730 e. The van der Waals surface area contributed by atoms with Gasteiger partial charge in [-0.15, -0.1) is 0 Å². The van der Waals surface area contributed by atoms with Gasteiger partial charge in [-0.1, -0.05) is 0 Å². The predicted molar refractivity (Wildman–Crippen MR) is 49.2 cm³/mol. The second kappa shape index (κ2) is 4.08. The van der Waals surface area contributed by atoms with E-state index in [2.05, 4.69) is 11.0 Å². The molecule has 0 radical (unpaired) electrons. The number of hydrogen-bond donors (Lipinski definition) is 0. The minimum Gasteiger partial charge on any atom is -0.375 e. The van der Waals surface area contributed by atoms with Crippen LogP contribution in [0.15, 0.2) is 0 Å². The highest BCUT2D eigenvalue weighted by Crippen LogP contribution is 2.29. The predicted octanol–water partition coefficient (Wildman–Crippen LogP) is 1.15. The molecule has 1 heterocycles. The van der Waals surface area contributed by atoms with Crippen molar-refractivity contribution < 1.29 is 4.74 Å². The van der Waals surface area contributed by atoms with Gasteiger partial charge in [-0.05, 0) is 19.3 Å². The fraction of sp³-hybridized carbons (Fsp3) is 0.900. The first kappa shape index (κ1) is 8.98. The molecule has 0 N–H and O–H groups in total. The normalized spacial score (nSPS) is 34.1. The monoisotopic (exact) mass is 180 g/mol. The Morgan fingerprint density at radius 1 is 1.46 bits per heavy atom. The molecular weight excluding hydrogens is 164 g/mol. The first-order chi connectivity index (χ1) is 6.42. The lowest BCUT2D eigenvalue weighted by atomic mass is 10.1. The maximum atomic E-state index is 8.53. The highest BCUT2D eigenvalue weighted by Gasteiger charge is 2.35. The van der Waals surface area contributed by atoms with E-state index < -0.39 is 0 Å². The van der Waals surface area contributed by atoms with Gasteiger partial charge in [-0.3, -0.25) is 4.90 Å². The van der Waals surface area contributed by atoms with E-state index in [1.54, 1.807) is 0 Å². The van der Waals surface area contributed by atoms with Gasteiger partial charge in [0.15, 0.2) is 0 Å². The SMILES string of the molecule is N#CCCN1CCOC2CCCC21. The molecular formula is C10H16N2O. The van der Waals surface area contributed by atoms with E-state index in [0.29, 0.717) is 18.6 Å². The number of nitrogens with zero attached hydrogens (tertiary/aromatic N) is 2. The third-order valence-electron chi connectivity index (χ3n) is 3.11. The van der Waals surface area contributed by atoms with Gasteiger partial charge in [0.2, 0.25) is 0 Å². The highest BCUT2D eigenvalue weighted by molar-refractivity contribution is 4.90. The molecule has 72 valence electrons. The molecule has 0 spiro atoms. The van der Waals surface area contributed by atoms with Crippen molar-refractivity contribution in [1.29, 1.82) is 5.26 Å². The lowest BCUT2D eigenvalue weighted by Crippen LogP contribution is -2.48. The second-order valence-corrected chi connectivity index (χ2v) is 3.85. The van der Waals surface area contributed by atoms with Crippen LogP contribution in [0, 0.1) is 11.3 Å². The van der Waals surface area contributed by atoms with Crippen molar-refractivity contribution in [2.24, 2.45) is 0 Å². The lowest BCUT2D eigenvalue weighted by Gasteiger charge is -2.37. The van der Waals surface area contributed by atoms with Gasteiger partial charge in [-0.2, -0.15) is 5.26 Å². The zero-order chi connectivity index (χ0) is 9.10. The Balaban J connectivity index is 1.90. The molecule has 3 nitrogen and oxygen atoms in total. The number of ether oxygens (including phenoxy) is 1. The Kier molecular flexibility index (Phi) is 2.82. The summed E-state index contributed by atoms with van der Waals surface area (Å²) < 4.78 is 5.69. The molecule has 2 atom stereocenters. The molecule has 1 aliphatic carbocycles. The molecule has 2 rings (SSSR count). The Bertz CT molecular complexity index is 211. The minimum absolute atomic E-state index is 0.465. The first-order valence-electron chi connectivity index (χ1n) is 5.14. The maximum absolute atomic E-state index is 8.53. The van der Waals surface area contributed by atoms with Gasteiger partial charge in [0.25, 0.3) is 0 Å². The van der Waals surface area contributed by atoms with Crippen LogP contribution in [-0.2, 0) is 4.74 Å². The van der Waals surface area contributed by atoms with Crippen molar-refractivity contribution in [2.75, 3.05) is 19.7 Å². The van der Waals surface area contributed by atoms with Crippen LogP contribution in [0.3, 0.4) is 0 Å². The molecule has 13 heavy (non-hydrogen) atoms. The van der Waals surface area contributed by atoms with Crippen molar-refractivity contribution in [3.05, 3.63) is 0 Å². The standard InChI is InChI=1S/C10H16N2O/c11-5-2-6-12-7-8-13-10-4-1-3-9(10)12/h9-10H,1-4,6-8H2. The van der Waals surface area contributed by atoms with E-state index in [1.165, 1.54) is 19.3 Å². The van der Waals surface area contributed by atoms with Crippen LogP contribution in [0.2, 0.25) is 0 Å². The van der Waals surface area contributed by atoms with Crippen LogP contribution < -0.4 is 0 Å². The van der Waals surface area contributed by atoms with Crippen LogP contribution in [0.4, 0.5) is 0 Å². The van der Waals surface area contributed by atoms with Crippen LogP contribution in [0.25, 0.3) is 0 Å². The van der Waals surface area contributed by atoms with Crippen LogP contribution in [0.1, 0.15) is 25.7 Å². The van der Waals surface area contributed by atoms with E-state index >= 15 is 0 Å². The summed E-state index contributed by atoms with van der Waals surface area (Å²) in [5.41, 5.74) is 0. The van der Waals surface area contributed by atoms with E-state index in [-0.39, 0.29) is 0 Å². The molecule has 0 aromatic carbocycles. The zero-order valence-electron chi connectivity index (χ0n) is 7.91. The average Bonchev–Trinajstić information content (AvgIpc) is 2.62. The minimum atomic E-state index is 0.465. The van der Waals surface area contributed by atoms with Crippen LogP contribution >= 0.6 is 0 Å². The fourth-order valence-corrected chi connectivity index (χ4v) is 2.48. The Morgan fingerprint density at radius 2 is 2.38 bits per heavy atom. The molecule has 1 saturated carbocycles. The van der Waals surface area contributed by atoms with Gasteiger partial charge < -0.3 is 4.74 Å². The summed E-state index contributed by atoms with van der Waals surface area (Å²) in [5, 5.41) is 8.53. The van der Waals surface area contributed by atoms with E-state index in [1.807, 2.05) is 0 Å². The molecule has 2 unspecified atom stereocenters. The van der Waals surface area contributed by atoms with Gasteiger partial charge in [-0.25, -0.2) is 0 Å². The summed E-state index contributed by atoms with van der Waals surface area (Å²) in [6.07, 6.45) is 4.89. The summed E-state index contributed by atoms with van der Waals surface area (Å²) in [5.74, 6) is 0. The van der Waals surface area contributed by atoms with Crippen LogP contribution in [-0.4, -0.2) is 36.7 Å². The molecule has 0 aromatic rings. The van der Waals surface area contributed by atoms with E-state index in [4.69, 9.17) is 10.00 Å². The van der Waals surface area contributed by atoms with Crippen LogP contribution in [0.5, 0.6) is 0 Å². The number of hydrogen-bond acceptors (Lipinski definition) is 3. The average molecular weight is 180 g/mol. The Hall–Kier alpha value is -0.590. The van der Waals surface area contributed by atoms with Gasteiger partial charge in [0.05, 0.1) is 18.8 Å². The van der Waals surface area contributed by atoms with Crippen molar-refractivity contribution in [3.8, 4) is 6.07 Å². The summed E-state index contributed by atoms with van der Waals surface area (Å²) >= 11 is 0. The Morgan fingerprint density at radius 3 is 3.23 bits per heavy atom. The molecule has 2 fully saturated rings. The topological polar surface area (TPSA) is 36.3 Å². The molecule has 2 aliphatic rings.